The summed E-state index contributed by atoms with van der Waals surface area (Å²) in [7, 11) is 0. The van der Waals surface area contributed by atoms with Crippen LogP contribution < -0.4 is 0 Å². The standard InChI is InChI=1S/C13H26O/c1-11(2)6-5-7-12(3)10-13(4)8-9-14/h8,11-12,14H,5-7,9-10H2,1-4H3. The minimum Gasteiger partial charge on any atom is -0.392 e. The Morgan fingerprint density at radius 2 is 1.86 bits per heavy atom. The summed E-state index contributed by atoms with van der Waals surface area (Å²) in [5.74, 6) is 1.59. The summed E-state index contributed by atoms with van der Waals surface area (Å²) >= 11 is 0. The highest BCUT2D eigenvalue weighted by molar-refractivity contribution is 4.98. The lowest BCUT2D eigenvalue weighted by molar-refractivity contribution is 0.340. The van der Waals surface area contributed by atoms with Gasteiger partial charge in [-0.25, -0.2) is 0 Å². The molecule has 1 N–H and O–H groups in total. The van der Waals surface area contributed by atoms with Crippen molar-refractivity contribution in [3.63, 3.8) is 0 Å². The Hall–Kier alpha value is -0.300. The Bertz CT molecular complexity index is 159. The van der Waals surface area contributed by atoms with Crippen LogP contribution in [-0.4, -0.2) is 11.7 Å². The summed E-state index contributed by atoms with van der Waals surface area (Å²) in [5, 5.41) is 8.72. The summed E-state index contributed by atoms with van der Waals surface area (Å²) in [5.41, 5.74) is 1.32. The summed E-state index contributed by atoms with van der Waals surface area (Å²) < 4.78 is 0. The lowest BCUT2D eigenvalue weighted by atomic mass is 9.94. The first-order valence-corrected chi connectivity index (χ1v) is 5.82. The predicted octanol–water partition coefficient (Wildman–Crippen LogP) is 3.78. The van der Waals surface area contributed by atoms with Crippen molar-refractivity contribution in [2.45, 2.75) is 53.4 Å². The van der Waals surface area contributed by atoms with Crippen molar-refractivity contribution in [2.75, 3.05) is 6.61 Å². The average Bonchev–Trinajstić information content (AvgIpc) is 2.03. The quantitative estimate of drug-likeness (QED) is 0.617. The molecule has 0 radical (unpaired) electrons. The Morgan fingerprint density at radius 1 is 1.21 bits per heavy atom. The van der Waals surface area contributed by atoms with E-state index in [-0.39, 0.29) is 6.61 Å². The second kappa shape index (κ2) is 8.05. The minimum atomic E-state index is 0.185. The Labute approximate surface area is 89.2 Å². The smallest absolute Gasteiger partial charge is 0.0614 e. The van der Waals surface area contributed by atoms with Crippen molar-refractivity contribution < 1.29 is 5.11 Å². The van der Waals surface area contributed by atoms with E-state index in [1.54, 1.807) is 0 Å². The van der Waals surface area contributed by atoms with E-state index in [9.17, 15) is 0 Å². The fraction of sp³-hybridized carbons (Fsp3) is 0.846. The summed E-state index contributed by atoms with van der Waals surface area (Å²) in [4.78, 5) is 0. The van der Waals surface area contributed by atoms with Gasteiger partial charge in [0.15, 0.2) is 0 Å². The van der Waals surface area contributed by atoms with Gasteiger partial charge in [-0.05, 0) is 25.2 Å². The van der Waals surface area contributed by atoms with E-state index in [1.807, 2.05) is 6.08 Å². The van der Waals surface area contributed by atoms with Gasteiger partial charge in [0, 0.05) is 0 Å². The minimum absolute atomic E-state index is 0.185. The highest BCUT2D eigenvalue weighted by Gasteiger charge is 2.03. The molecule has 0 aliphatic carbocycles. The predicted molar refractivity (Wildman–Crippen MR) is 63.3 cm³/mol. The maximum Gasteiger partial charge on any atom is 0.0614 e. The molecule has 0 fully saturated rings. The summed E-state index contributed by atoms with van der Waals surface area (Å²) in [6, 6.07) is 0. The maximum atomic E-state index is 8.72. The fourth-order valence-corrected chi connectivity index (χ4v) is 1.77. The van der Waals surface area contributed by atoms with Gasteiger partial charge < -0.3 is 5.11 Å². The number of aliphatic hydroxyl groups excluding tert-OH is 1. The molecule has 0 saturated carbocycles. The molecule has 0 spiro atoms. The first-order valence-electron chi connectivity index (χ1n) is 5.82. The number of rotatable bonds is 7. The molecule has 1 heteroatoms. The van der Waals surface area contributed by atoms with Crippen molar-refractivity contribution >= 4 is 0 Å². The van der Waals surface area contributed by atoms with E-state index in [2.05, 4.69) is 27.7 Å². The van der Waals surface area contributed by atoms with Gasteiger partial charge in [0.1, 0.15) is 0 Å². The molecule has 0 aromatic heterocycles. The molecule has 0 bridgehead atoms. The number of aliphatic hydroxyl groups is 1. The van der Waals surface area contributed by atoms with Crippen LogP contribution in [0.2, 0.25) is 0 Å². The first-order chi connectivity index (χ1) is 6.56. The van der Waals surface area contributed by atoms with Crippen molar-refractivity contribution in [1.82, 2.24) is 0 Å². The molecule has 1 atom stereocenters. The molecule has 0 aliphatic rings. The van der Waals surface area contributed by atoms with Gasteiger partial charge in [-0.2, -0.15) is 0 Å². The Morgan fingerprint density at radius 3 is 2.36 bits per heavy atom. The lowest BCUT2D eigenvalue weighted by Crippen LogP contribution is -1.98. The van der Waals surface area contributed by atoms with E-state index in [4.69, 9.17) is 5.11 Å². The molecular formula is C13H26O. The Kier molecular flexibility index (Phi) is 7.87. The molecule has 1 nitrogen and oxygen atoms in total. The zero-order valence-corrected chi connectivity index (χ0v) is 10.2. The highest BCUT2D eigenvalue weighted by atomic mass is 16.2. The van der Waals surface area contributed by atoms with E-state index in [1.165, 1.54) is 24.8 Å². The number of hydrogen-bond acceptors (Lipinski definition) is 1. The zero-order valence-electron chi connectivity index (χ0n) is 10.2. The van der Waals surface area contributed by atoms with Crippen LogP contribution in [0.25, 0.3) is 0 Å². The first kappa shape index (κ1) is 13.7. The van der Waals surface area contributed by atoms with Gasteiger partial charge in [-0.15, -0.1) is 0 Å². The summed E-state index contributed by atoms with van der Waals surface area (Å²) in [6.07, 6.45) is 7.05. The summed E-state index contributed by atoms with van der Waals surface area (Å²) in [6.45, 7) is 9.15. The van der Waals surface area contributed by atoms with E-state index >= 15 is 0 Å². The number of hydrogen-bond donors (Lipinski definition) is 1. The van der Waals surface area contributed by atoms with E-state index in [0.29, 0.717) is 0 Å². The molecule has 0 saturated heterocycles. The second-order valence-electron chi connectivity index (χ2n) is 4.87. The molecular weight excluding hydrogens is 172 g/mol. The van der Waals surface area contributed by atoms with Gasteiger partial charge in [-0.1, -0.05) is 51.7 Å². The molecule has 0 aromatic rings. The zero-order chi connectivity index (χ0) is 11.0. The third-order valence-corrected chi connectivity index (χ3v) is 2.59. The van der Waals surface area contributed by atoms with Gasteiger partial charge in [-0.3, -0.25) is 0 Å². The monoisotopic (exact) mass is 198 g/mol. The van der Waals surface area contributed by atoms with Crippen LogP contribution in [0.4, 0.5) is 0 Å². The molecule has 0 rings (SSSR count). The van der Waals surface area contributed by atoms with Crippen molar-refractivity contribution in [1.29, 1.82) is 0 Å². The molecule has 84 valence electrons. The van der Waals surface area contributed by atoms with E-state index < -0.39 is 0 Å². The molecule has 0 aliphatic heterocycles. The SMILES string of the molecule is CC(=CCO)CC(C)CCCC(C)C. The van der Waals surface area contributed by atoms with Gasteiger partial charge in [0.2, 0.25) is 0 Å². The maximum absolute atomic E-state index is 8.72. The van der Waals surface area contributed by atoms with Gasteiger partial charge >= 0.3 is 0 Å². The highest BCUT2D eigenvalue weighted by Crippen LogP contribution is 2.18. The van der Waals surface area contributed by atoms with Crippen LogP contribution in [0.1, 0.15) is 53.4 Å². The molecule has 1 unspecified atom stereocenters. The van der Waals surface area contributed by atoms with Crippen LogP contribution in [0.5, 0.6) is 0 Å². The average molecular weight is 198 g/mol. The molecule has 14 heavy (non-hydrogen) atoms. The fourth-order valence-electron chi connectivity index (χ4n) is 1.77. The lowest BCUT2D eigenvalue weighted by Gasteiger charge is -2.12. The second-order valence-corrected chi connectivity index (χ2v) is 4.87. The van der Waals surface area contributed by atoms with Crippen LogP contribution in [0.15, 0.2) is 11.6 Å². The Balaban J connectivity index is 3.54. The topological polar surface area (TPSA) is 20.2 Å². The van der Waals surface area contributed by atoms with Crippen molar-refractivity contribution in [2.24, 2.45) is 11.8 Å². The third kappa shape index (κ3) is 8.31. The number of allylic oxidation sites excluding steroid dienone is 1. The third-order valence-electron chi connectivity index (χ3n) is 2.59. The van der Waals surface area contributed by atoms with E-state index in [0.717, 1.165) is 18.3 Å². The van der Waals surface area contributed by atoms with Crippen LogP contribution in [0.3, 0.4) is 0 Å². The van der Waals surface area contributed by atoms with Crippen LogP contribution >= 0.6 is 0 Å². The van der Waals surface area contributed by atoms with Crippen molar-refractivity contribution in [3.8, 4) is 0 Å². The van der Waals surface area contributed by atoms with Crippen LogP contribution in [0, 0.1) is 11.8 Å². The largest absolute Gasteiger partial charge is 0.392 e. The van der Waals surface area contributed by atoms with Crippen LogP contribution in [-0.2, 0) is 0 Å². The molecule has 0 amide bonds. The van der Waals surface area contributed by atoms with Crippen molar-refractivity contribution in [3.05, 3.63) is 11.6 Å². The molecule has 0 aromatic carbocycles. The normalized spacial score (nSPS) is 14.9. The van der Waals surface area contributed by atoms with Gasteiger partial charge in [0.05, 0.1) is 6.61 Å². The van der Waals surface area contributed by atoms with Gasteiger partial charge in [0.25, 0.3) is 0 Å². The molecule has 0 heterocycles.